The average molecular weight is 417 g/mol. The Balaban J connectivity index is 1.62. The lowest BCUT2D eigenvalue weighted by atomic mass is 9.95. The predicted octanol–water partition coefficient (Wildman–Crippen LogP) is 3.73. The minimum absolute atomic E-state index is 0.141. The van der Waals surface area contributed by atoms with Crippen molar-refractivity contribution in [2.45, 2.75) is 56.1 Å². The van der Waals surface area contributed by atoms with Crippen LogP contribution in [0.1, 0.15) is 39.0 Å². The van der Waals surface area contributed by atoms with Gasteiger partial charge in [-0.2, -0.15) is 0 Å². The van der Waals surface area contributed by atoms with Crippen LogP contribution >= 0.6 is 0 Å². The Morgan fingerprint density at radius 1 is 1.03 bits per heavy atom. The number of carbonyl (C=O) groups is 1. The summed E-state index contributed by atoms with van der Waals surface area (Å²) < 4.78 is 32.6. The highest BCUT2D eigenvalue weighted by Gasteiger charge is 2.23. The normalized spacial score (nSPS) is 16.1. The van der Waals surface area contributed by atoms with Crippen molar-refractivity contribution in [3.05, 3.63) is 54.6 Å². The zero-order chi connectivity index (χ0) is 20.9. The van der Waals surface area contributed by atoms with Crippen molar-refractivity contribution < 1.29 is 17.9 Å². The van der Waals surface area contributed by atoms with Gasteiger partial charge >= 0.3 is 0 Å². The van der Waals surface area contributed by atoms with Crippen LogP contribution in [0.3, 0.4) is 0 Å². The van der Waals surface area contributed by atoms with E-state index in [1.165, 1.54) is 29.9 Å². The molecule has 0 saturated heterocycles. The van der Waals surface area contributed by atoms with Crippen LogP contribution in [0.4, 0.5) is 5.69 Å². The summed E-state index contributed by atoms with van der Waals surface area (Å²) in [6.45, 7) is 1.70. The Morgan fingerprint density at radius 2 is 1.66 bits per heavy atom. The van der Waals surface area contributed by atoms with Gasteiger partial charge in [0, 0.05) is 13.1 Å². The highest BCUT2D eigenvalue weighted by Crippen LogP contribution is 2.24. The first kappa shape index (κ1) is 21.2. The lowest BCUT2D eigenvalue weighted by molar-refractivity contribution is -0.128. The van der Waals surface area contributed by atoms with Crippen LogP contribution in [0, 0.1) is 0 Å². The summed E-state index contributed by atoms with van der Waals surface area (Å²) in [4.78, 5) is 12.5. The number of carbonyl (C=O) groups excluding carboxylic acids is 1. The van der Waals surface area contributed by atoms with Crippen LogP contribution in [0.15, 0.2) is 59.5 Å². The van der Waals surface area contributed by atoms with Gasteiger partial charge in [-0.15, -0.1) is 0 Å². The van der Waals surface area contributed by atoms with Crippen molar-refractivity contribution in [2.75, 3.05) is 11.4 Å². The predicted molar refractivity (Wildman–Crippen MR) is 114 cm³/mol. The maximum atomic E-state index is 12.8. The van der Waals surface area contributed by atoms with Gasteiger partial charge in [0.1, 0.15) is 5.75 Å². The number of rotatable bonds is 7. The van der Waals surface area contributed by atoms with Gasteiger partial charge < -0.3 is 10.1 Å². The number of hydrogen-bond acceptors (Lipinski definition) is 4. The highest BCUT2D eigenvalue weighted by atomic mass is 32.2. The third-order valence-corrected chi connectivity index (χ3v) is 7.04. The molecule has 7 heteroatoms. The van der Waals surface area contributed by atoms with Crippen molar-refractivity contribution >= 4 is 21.6 Å². The minimum Gasteiger partial charge on any atom is -0.481 e. The van der Waals surface area contributed by atoms with Crippen LogP contribution in [-0.2, 0) is 14.8 Å². The molecule has 1 atom stereocenters. The van der Waals surface area contributed by atoms with E-state index in [-0.39, 0.29) is 16.8 Å². The Labute approximate surface area is 172 Å². The summed E-state index contributed by atoms with van der Waals surface area (Å²) in [7, 11) is -2.15. The number of anilines is 1. The first-order valence-corrected chi connectivity index (χ1v) is 11.4. The third kappa shape index (κ3) is 5.29. The number of sulfonamides is 1. The molecule has 29 heavy (non-hydrogen) atoms. The van der Waals surface area contributed by atoms with Crippen molar-refractivity contribution in [3.63, 3.8) is 0 Å². The summed E-state index contributed by atoms with van der Waals surface area (Å²) in [5, 5.41) is 3.04. The van der Waals surface area contributed by atoms with Gasteiger partial charge in [-0.05, 0) is 56.2 Å². The summed E-state index contributed by atoms with van der Waals surface area (Å²) in [6, 6.07) is 15.3. The van der Waals surface area contributed by atoms with Gasteiger partial charge in [0.05, 0.1) is 10.6 Å². The van der Waals surface area contributed by atoms with E-state index in [0.29, 0.717) is 11.4 Å². The summed E-state index contributed by atoms with van der Waals surface area (Å²) in [5.41, 5.74) is 0.584. The van der Waals surface area contributed by atoms with Crippen LogP contribution in [0.2, 0.25) is 0 Å². The van der Waals surface area contributed by atoms with E-state index in [1.807, 2.05) is 6.07 Å². The molecule has 0 spiro atoms. The number of hydrogen-bond donors (Lipinski definition) is 1. The number of benzene rings is 2. The van der Waals surface area contributed by atoms with Crippen molar-refractivity contribution in [1.29, 1.82) is 0 Å². The van der Waals surface area contributed by atoms with Crippen LogP contribution in [0.25, 0.3) is 0 Å². The van der Waals surface area contributed by atoms with E-state index in [9.17, 15) is 13.2 Å². The molecular formula is C22H28N2O4S. The second-order valence-electron chi connectivity index (χ2n) is 7.38. The fourth-order valence-corrected chi connectivity index (χ4v) is 4.64. The number of nitrogens with zero attached hydrogens (tertiary/aromatic N) is 1. The fourth-order valence-electron chi connectivity index (χ4n) is 3.45. The topological polar surface area (TPSA) is 75.7 Å². The molecule has 1 N–H and O–H groups in total. The largest absolute Gasteiger partial charge is 0.481 e. The third-order valence-electron chi connectivity index (χ3n) is 5.24. The fraction of sp³-hybridized carbons (Fsp3) is 0.409. The van der Waals surface area contributed by atoms with E-state index in [0.717, 1.165) is 25.7 Å². The molecule has 3 rings (SSSR count). The molecule has 1 aliphatic rings. The van der Waals surface area contributed by atoms with E-state index in [2.05, 4.69) is 5.32 Å². The maximum absolute atomic E-state index is 12.8. The molecule has 2 aromatic rings. The maximum Gasteiger partial charge on any atom is 0.264 e. The van der Waals surface area contributed by atoms with Crippen LogP contribution in [0.5, 0.6) is 5.75 Å². The molecule has 1 fully saturated rings. The molecule has 6 nitrogen and oxygen atoms in total. The molecule has 2 aromatic carbocycles. The molecule has 1 saturated carbocycles. The number of nitrogens with one attached hydrogen (secondary N) is 1. The molecule has 1 amide bonds. The molecule has 0 heterocycles. The molecule has 0 bridgehead atoms. The van der Waals surface area contributed by atoms with E-state index < -0.39 is 16.1 Å². The Bertz CT molecular complexity index is 908. The highest BCUT2D eigenvalue weighted by molar-refractivity contribution is 7.92. The number of para-hydroxylation sites is 1. The van der Waals surface area contributed by atoms with Crippen LogP contribution in [-0.4, -0.2) is 33.5 Å². The Hall–Kier alpha value is -2.54. The molecule has 0 radical (unpaired) electrons. The zero-order valence-corrected chi connectivity index (χ0v) is 17.7. The van der Waals surface area contributed by atoms with E-state index in [4.69, 9.17) is 4.74 Å². The lowest BCUT2D eigenvalue weighted by Gasteiger charge is -2.24. The molecular weight excluding hydrogens is 388 g/mol. The van der Waals surface area contributed by atoms with E-state index in [1.54, 1.807) is 43.3 Å². The Morgan fingerprint density at radius 3 is 2.28 bits per heavy atom. The second-order valence-corrected chi connectivity index (χ2v) is 9.35. The summed E-state index contributed by atoms with van der Waals surface area (Å²) in [6.07, 6.45) is 4.90. The molecule has 156 valence electrons. The number of amides is 1. The number of ether oxygens (including phenoxy) is 1. The SMILES string of the molecule is C[C@@H](Oc1ccc(S(=O)(=O)N(C)c2ccccc2)cc1)C(=O)NC1CCCCC1. The average Bonchev–Trinajstić information content (AvgIpc) is 2.75. The molecule has 1 aliphatic carbocycles. The van der Waals surface area contributed by atoms with Gasteiger partial charge in [-0.3, -0.25) is 9.10 Å². The molecule has 0 unspecified atom stereocenters. The molecule has 0 aromatic heterocycles. The van der Waals surface area contributed by atoms with Gasteiger partial charge in [0.25, 0.3) is 15.9 Å². The van der Waals surface area contributed by atoms with Crippen molar-refractivity contribution in [3.8, 4) is 5.75 Å². The smallest absolute Gasteiger partial charge is 0.264 e. The quantitative estimate of drug-likeness (QED) is 0.746. The minimum atomic E-state index is -3.67. The van der Waals surface area contributed by atoms with E-state index >= 15 is 0 Å². The summed E-state index contributed by atoms with van der Waals surface area (Å²) in [5.74, 6) is 0.315. The lowest BCUT2D eigenvalue weighted by Crippen LogP contribution is -2.43. The van der Waals surface area contributed by atoms with Gasteiger partial charge in [-0.25, -0.2) is 8.42 Å². The molecule has 0 aliphatic heterocycles. The van der Waals surface area contributed by atoms with Crippen molar-refractivity contribution in [1.82, 2.24) is 5.32 Å². The zero-order valence-electron chi connectivity index (χ0n) is 16.9. The standard InChI is InChI=1S/C22H28N2O4S/c1-17(22(25)23-18-9-5-3-6-10-18)28-20-13-15-21(16-14-20)29(26,27)24(2)19-11-7-4-8-12-19/h4,7-8,11-18H,3,5-6,9-10H2,1-2H3,(H,23,25)/t17-/m1/s1. The second kappa shape index (κ2) is 9.31. The summed E-state index contributed by atoms with van der Waals surface area (Å²) >= 11 is 0. The van der Waals surface area contributed by atoms with Gasteiger partial charge in [0.15, 0.2) is 6.10 Å². The Kier molecular flexibility index (Phi) is 6.79. The monoisotopic (exact) mass is 416 g/mol. The van der Waals surface area contributed by atoms with Gasteiger partial charge in [0.2, 0.25) is 0 Å². The van der Waals surface area contributed by atoms with Crippen molar-refractivity contribution in [2.24, 2.45) is 0 Å². The van der Waals surface area contributed by atoms with Gasteiger partial charge in [-0.1, -0.05) is 37.5 Å². The first-order chi connectivity index (χ1) is 13.9. The van der Waals surface area contributed by atoms with Crippen LogP contribution < -0.4 is 14.4 Å². The first-order valence-electron chi connectivity index (χ1n) is 9.99.